The third kappa shape index (κ3) is 1.54. The lowest BCUT2D eigenvalue weighted by molar-refractivity contribution is -0.116. The molecule has 1 aliphatic heterocycles. The molecule has 15 heavy (non-hydrogen) atoms. The van der Waals surface area contributed by atoms with Crippen LogP contribution in [0.3, 0.4) is 0 Å². The van der Waals surface area contributed by atoms with Crippen molar-refractivity contribution in [2.45, 2.75) is 26.2 Å². The molecular formula is C11H15NO3. The molecule has 0 aromatic carbocycles. The van der Waals surface area contributed by atoms with Crippen molar-refractivity contribution in [2.24, 2.45) is 5.92 Å². The van der Waals surface area contributed by atoms with Gasteiger partial charge in [-0.05, 0) is 24.3 Å². The zero-order chi connectivity index (χ0) is 11.0. The molecule has 82 valence electrons. The molecule has 0 saturated heterocycles. The topological polar surface area (TPSA) is 46.6 Å². The van der Waals surface area contributed by atoms with Crippen molar-refractivity contribution in [1.82, 2.24) is 4.90 Å². The number of carbonyl (C=O) groups excluding carboxylic acids is 2. The van der Waals surface area contributed by atoms with Gasteiger partial charge in [-0.25, -0.2) is 4.79 Å². The molecule has 0 bridgehead atoms. The fourth-order valence-corrected chi connectivity index (χ4v) is 2.43. The summed E-state index contributed by atoms with van der Waals surface area (Å²) in [4.78, 5) is 24.7. The molecule has 4 nitrogen and oxygen atoms in total. The predicted octanol–water partition coefficient (Wildman–Crippen LogP) is 1.71. The molecule has 4 heteroatoms. The Balaban J connectivity index is 2.35. The van der Waals surface area contributed by atoms with Gasteiger partial charge in [0.2, 0.25) is 0 Å². The van der Waals surface area contributed by atoms with E-state index in [4.69, 9.17) is 0 Å². The Morgan fingerprint density at radius 3 is 2.93 bits per heavy atom. The van der Waals surface area contributed by atoms with Crippen molar-refractivity contribution in [1.29, 1.82) is 0 Å². The van der Waals surface area contributed by atoms with Crippen LogP contribution in [-0.4, -0.2) is 30.4 Å². The summed E-state index contributed by atoms with van der Waals surface area (Å²) < 4.78 is 4.68. The van der Waals surface area contributed by atoms with Gasteiger partial charge >= 0.3 is 6.09 Å². The van der Waals surface area contributed by atoms with Crippen LogP contribution < -0.4 is 0 Å². The van der Waals surface area contributed by atoms with Gasteiger partial charge in [-0.3, -0.25) is 9.69 Å². The van der Waals surface area contributed by atoms with Crippen molar-refractivity contribution < 1.29 is 14.3 Å². The smallest absolute Gasteiger partial charge is 0.414 e. The van der Waals surface area contributed by atoms with E-state index < -0.39 is 6.09 Å². The lowest BCUT2D eigenvalue weighted by atomic mass is 9.97. The first-order valence-corrected chi connectivity index (χ1v) is 5.27. The molecule has 0 radical (unpaired) electrons. The van der Waals surface area contributed by atoms with Crippen LogP contribution in [0.1, 0.15) is 26.2 Å². The van der Waals surface area contributed by atoms with Crippen molar-refractivity contribution in [2.75, 3.05) is 13.7 Å². The molecule has 1 aliphatic carbocycles. The standard InChI is InChI=1S/C11H15NO3/c1-7-6-9(13)10-8(7)4-3-5-12(10)11(14)15-2/h7H,3-6H2,1-2H3/t7-/m1/s1. The van der Waals surface area contributed by atoms with Crippen LogP contribution >= 0.6 is 0 Å². The second-order valence-corrected chi connectivity index (χ2v) is 4.13. The molecule has 0 fully saturated rings. The van der Waals surface area contributed by atoms with E-state index in [0.717, 1.165) is 18.4 Å². The summed E-state index contributed by atoms with van der Waals surface area (Å²) in [6, 6.07) is 0. The van der Waals surface area contributed by atoms with Crippen LogP contribution in [0.5, 0.6) is 0 Å². The van der Waals surface area contributed by atoms with E-state index in [1.165, 1.54) is 12.0 Å². The van der Waals surface area contributed by atoms with E-state index in [1.807, 2.05) is 6.92 Å². The van der Waals surface area contributed by atoms with Crippen molar-refractivity contribution in [3.63, 3.8) is 0 Å². The highest BCUT2D eigenvalue weighted by molar-refractivity contribution is 6.01. The van der Waals surface area contributed by atoms with Crippen LogP contribution in [-0.2, 0) is 9.53 Å². The maximum atomic E-state index is 11.7. The quantitative estimate of drug-likeness (QED) is 0.610. The molecule has 0 aromatic rings. The molecule has 2 rings (SSSR count). The third-order valence-corrected chi connectivity index (χ3v) is 3.15. The molecule has 2 aliphatic rings. The number of rotatable bonds is 0. The van der Waals surface area contributed by atoms with E-state index in [-0.39, 0.29) is 5.78 Å². The number of ketones is 1. The minimum absolute atomic E-state index is 0.0857. The van der Waals surface area contributed by atoms with Gasteiger partial charge in [-0.2, -0.15) is 0 Å². The number of allylic oxidation sites excluding steroid dienone is 2. The van der Waals surface area contributed by atoms with Crippen LogP contribution in [0.2, 0.25) is 0 Å². The van der Waals surface area contributed by atoms with Gasteiger partial charge in [0.25, 0.3) is 0 Å². The van der Waals surface area contributed by atoms with E-state index in [9.17, 15) is 9.59 Å². The van der Waals surface area contributed by atoms with Crippen LogP contribution in [0.25, 0.3) is 0 Å². The molecule has 1 amide bonds. The fraction of sp³-hybridized carbons (Fsp3) is 0.636. The highest BCUT2D eigenvalue weighted by atomic mass is 16.5. The van der Waals surface area contributed by atoms with Crippen LogP contribution in [0.4, 0.5) is 4.79 Å². The largest absolute Gasteiger partial charge is 0.452 e. The lowest BCUT2D eigenvalue weighted by Gasteiger charge is -2.27. The minimum Gasteiger partial charge on any atom is -0.452 e. The van der Waals surface area contributed by atoms with Crippen molar-refractivity contribution >= 4 is 11.9 Å². The molecule has 0 aromatic heterocycles. The Labute approximate surface area is 88.9 Å². The highest BCUT2D eigenvalue weighted by Crippen LogP contribution is 2.37. The third-order valence-electron chi connectivity index (χ3n) is 3.15. The molecule has 0 spiro atoms. The number of hydrogen-bond acceptors (Lipinski definition) is 3. The van der Waals surface area contributed by atoms with Gasteiger partial charge in [0.1, 0.15) is 0 Å². The maximum Gasteiger partial charge on any atom is 0.414 e. The van der Waals surface area contributed by atoms with Gasteiger partial charge in [-0.15, -0.1) is 0 Å². The number of nitrogens with zero attached hydrogens (tertiary/aromatic N) is 1. The average Bonchev–Trinajstić information content (AvgIpc) is 2.54. The molecule has 1 atom stereocenters. The van der Waals surface area contributed by atoms with Gasteiger partial charge in [0.05, 0.1) is 12.8 Å². The number of ether oxygens (including phenoxy) is 1. The first-order chi connectivity index (χ1) is 7.15. The Morgan fingerprint density at radius 1 is 1.53 bits per heavy atom. The summed E-state index contributed by atoms with van der Waals surface area (Å²) in [5, 5.41) is 0. The van der Waals surface area contributed by atoms with E-state index in [2.05, 4.69) is 4.74 Å². The first-order valence-electron chi connectivity index (χ1n) is 5.27. The fourth-order valence-electron chi connectivity index (χ4n) is 2.43. The predicted molar refractivity (Wildman–Crippen MR) is 54.2 cm³/mol. The number of hydrogen-bond donors (Lipinski definition) is 0. The van der Waals surface area contributed by atoms with Crippen molar-refractivity contribution in [3.05, 3.63) is 11.3 Å². The Bertz CT molecular complexity index is 346. The summed E-state index contributed by atoms with van der Waals surface area (Å²) in [6.45, 7) is 2.64. The van der Waals surface area contributed by atoms with Gasteiger partial charge in [-0.1, -0.05) is 6.92 Å². The molecule has 0 saturated carbocycles. The number of amides is 1. The number of carbonyl (C=O) groups is 2. The van der Waals surface area contributed by atoms with Crippen LogP contribution in [0.15, 0.2) is 11.3 Å². The summed E-state index contributed by atoms with van der Waals surface area (Å²) >= 11 is 0. The Morgan fingerprint density at radius 2 is 2.27 bits per heavy atom. The SMILES string of the molecule is COC(=O)N1CCCC2=C1C(=O)C[C@H]2C. The summed E-state index contributed by atoms with van der Waals surface area (Å²) in [7, 11) is 1.35. The Hall–Kier alpha value is -1.32. The van der Waals surface area contributed by atoms with E-state index in [1.54, 1.807) is 0 Å². The highest BCUT2D eigenvalue weighted by Gasteiger charge is 2.37. The maximum absolute atomic E-state index is 11.7. The zero-order valence-electron chi connectivity index (χ0n) is 9.08. The number of Topliss-reactive ketones (excluding diaryl/α,β-unsaturated/α-hetero) is 1. The summed E-state index contributed by atoms with van der Waals surface area (Å²) in [5.41, 5.74) is 1.75. The normalized spacial score (nSPS) is 25.6. The summed E-state index contributed by atoms with van der Waals surface area (Å²) in [5.74, 6) is 0.377. The van der Waals surface area contributed by atoms with E-state index in [0.29, 0.717) is 24.6 Å². The van der Waals surface area contributed by atoms with Gasteiger partial charge in [0, 0.05) is 13.0 Å². The van der Waals surface area contributed by atoms with Crippen molar-refractivity contribution in [3.8, 4) is 0 Å². The monoisotopic (exact) mass is 209 g/mol. The van der Waals surface area contributed by atoms with Gasteiger partial charge in [0.15, 0.2) is 5.78 Å². The molecule has 1 heterocycles. The van der Waals surface area contributed by atoms with Gasteiger partial charge < -0.3 is 4.74 Å². The zero-order valence-corrected chi connectivity index (χ0v) is 9.08. The summed E-state index contributed by atoms with van der Waals surface area (Å²) in [6.07, 6.45) is 1.99. The second kappa shape index (κ2) is 3.68. The van der Waals surface area contributed by atoms with E-state index >= 15 is 0 Å². The second-order valence-electron chi connectivity index (χ2n) is 4.13. The number of methoxy groups -OCH3 is 1. The molecule has 0 N–H and O–H groups in total. The minimum atomic E-state index is -0.412. The first kappa shape index (κ1) is 10.2. The lowest BCUT2D eigenvalue weighted by Crippen LogP contribution is -2.36. The molecular weight excluding hydrogens is 194 g/mol. The average molecular weight is 209 g/mol. The van der Waals surface area contributed by atoms with Crippen LogP contribution in [0, 0.1) is 5.92 Å². The molecule has 0 unspecified atom stereocenters. The Kier molecular flexibility index (Phi) is 2.50.